The normalized spacial score (nSPS) is 26.7. The molecule has 0 heterocycles. The highest BCUT2D eigenvalue weighted by atomic mass is 32.2. The van der Waals surface area contributed by atoms with Crippen molar-refractivity contribution in [1.82, 2.24) is 10.2 Å². The molecular weight excluding hydrogens is 236 g/mol. The zero-order valence-corrected chi connectivity index (χ0v) is 12.5. The van der Waals surface area contributed by atoms with Crippen molar-refractivity contribution in [3.05, 3.63) is 0 Å². The second-order valence-electron chi connectivity index (χ2n) is 5.99. The minimum absolute atomic E-state index is 0.0463. The standard InChI is InChI=1S/C12H26N2O2S/c1-12(2,14(3)4)9-13-10-7-6-8-11(10)17(5,15)16/h10-11,13H,6-9H2,1-5H3. The first kappa shape index (κ1) is 14.9. The summed E-state index contributed by atoms with van der Waals surface area (Å²) in [4.78, 5) is 2.16. The summed E-state index contributed by atoms with van der Waals surface area (Å²) in [7, 11) is 1.18. The van der Waals surface area contributed by atoms with Gasteiger partial charge in [0.05, 0.1) is 5.25 Å². The zero-order chi connectivity index (χ0) is 13.3. The van der Waals surface area contributed by atoms with Gasteiger partial charge in [-0.3, -0.25) is 0 Å². The lowest BCUT2D eigenvalue weighted by Gasteiger charge is -2.34. The van der Waals surface area contributed by atoms with E-state index < -0.39 is 9.84 Å². The monoisotopic (exact) mass is 262 g/mol. The lowest BCUT2D eigenvalue weighted by molar-refractivity contribution is 0.184. The van der Waals surface area contributed by atoms with Crippen LogP contribution in [0.5, 0.6) is 0 Å². The number of nitrogens with one attached hydrogen (secondary N) is 1. The van der Waals surface area contributed by atoms with Crippen molar-refractivity contribution < 1.29 is 8.42 Å². The first-order valence-electron chi connectivity index (χ1n) is 6.24. The maximum atomic E-state index is 11.7. The lowest BCUT2D eigenvalue weighted by atomic mass is 10.0. The Morgan fingerprint density at radius 2 is 1.88 bits per heavy atom. The first-order valence-corrected chi connectivity index (χ1v) is 8.20. The molecule has 2 atom stereocenters. The van der Waals surface area contributed by atoms with Gasteiger partial charge in [-0.2, -0.15) is 0 Å². The number of nitrogens with zero attached hydrogens (tertiary/aromatic N) is 1. The SMILES string of the molecule is CN(C)C(C)(C)CNC1CCCC1S(C)(=O)=O. The Kier molecular flexibility index (Phi) is 4.60. The number of likely N-dealkylation sites (N-methyl/N-ethyl adjacent to an activating group) is 1. The summed E-state index contributed by atoms with van der Waals surface area (Å²) in [5.41, 5.74) is 0.0463. The van der Waals surface area contributed by atoms with Crippen molar-refractivity contribution in [1.29, 1.82) is 0 Å². The molecule has 102 valence electrons. The van der Waals surface area contributed by atoms with Gasteiger partial charge >= 0.3 is 0 Å². The van der Waals surface area contributed by atoms with Gasteiger partial charge in [-0.1, -0.05) is 6.42 Å². The molecule has 0 radical (unpaired) electrons. The van der Waals surface area contributed by atoms with Crippen LogP contribution < -0.4 is 5.32 Å². The van der Waals surface area contributed by atoms with Crippen molar-refractivity contribution in [2.75, 3.05) is 26.9 Å². The van der Waals surface area contributed by atoms with Crippen LogP contribution in [0, 0.1) is 0 Å². The van der Waals surface area contributed by atoms with E-state index in [1.165, 1.54) is 6.26 Å². The van der Waals surface area contributed by atoms with Gasteiger partial charge in [-0.25, -0.2) is 8.42 Å². The Morgan fingerprint density at radius 3 is 2.35 bits per heavy atom. The molecule has 0 aromatic rings. The van der Waals surface area contributed by atoms with Gasteiger partial charge in [-0.15, -0.1) is 0 Å². The molecule has 1 fully saturated rings. The molecule has 1 aliphatic rings. The van der Waals surface area contributed by atoms with E-state index in [1.807, 2.05) is 14.1 Å². The van der Waals surface area contributed by atoms with Gasteiger partial charge < -0.3 is 10.2 Å². The van der Waals surface area contributed by atoms with Crippen molar-refractivity contribution in [3.8, 4) is 0 Å². The molecule has 4 nitrogen and oxygen atoms in total. The van der Waals surface area contributed by atoms with Crippen molar-refractivity contribution >= 4 is 9.84 Å². The van der Waals surface area contributed by atoms with Crippen LogP contribution in [-0.4, -0.2) is 57.0 Å². The maximum Gasteiger partial charge on any atom is 0.151 e. The summed E-state index contributed by atoms with van der Waals surface area (Å²) in [6.45, 7) is 5.13. The molecule has 0 aromatic carbocycles. The van der Waals surface area contributed by atoms with E-state index in [0.29, 0.717) is 0 Å². The van der Waals surface area contributed by atoms with Crippen LogP contribution in [0.4, 0.5) is 0 Å². The van der Waals surface area contributed by atoms with Crippen LogP contribution in [0.15, 0.2) is 0 Å². The summed E-state index contributed by atoms with van der Waals surface area (Å²) < 4.78 is 23.3. The van der Waals surface area contributed by atoms with Crippen molar-refractivity contribution in [3.63, 3.8) is 0 Å². The Labute approximate surface area is 106 Å². The molecule has 17 heavy (non-hydrogen) atoms. The number of sulfone groups is 1. The Balaban J connectivity index is 2.58. The quantitative estimate of drug-likeness (QED) is 0.799. The average Bonchev–Trinajstić information content (AvgIpc) is 2.61. The highest BCUT2D eigenvalue weighted by Crippen LogP contribution is 2.25. The Bertz CT molecular complexity index is 350. The molecule has 0 aromatic heterocycles. The van der Waals surface area contributed by atoms with Crippen LogP contribution in [0.3, 0.4) is 0 Å². The van der Waals surface area contributed by atoms with Crippen LogP contribution in [0.2, 0.25) is 0 Å². The molecule has 1 rings (SSSR count). The van der Waals surface area contributed by atoms with E-state index >= 15 is 0 Å². The van der Waals surface area contributed by atoms with Gasteiger partial charge in [0.1, 0.15) is 0 Å². The summed E-state index contributed by atoms with van der Waals surface area (Å²) in [6, 6.07) is 0.129. The summed E-state index contributed by atoms with van der Waals surface area (Å²) in [5.74, 6) is 0. The van der Waals surface area contributed by atoms with Gasteiger partial charge in [-0.05, 0) is 40.8 Å². The predicted molar refractivity (Wildman–Crippen MR) is 72.0 cm³/mol. The second kappa shape index (κ2) is 5.24. The van der Waals surface area contributed by atoms with Crippen molar-refractivity contribution in [2.24, 2.45) is 0 Å². The molecule has 0 amide bonds. The second-order valence-corrected chi connectivity index (χ2v) is 8.26. The van der Waals surface area contributed by atoms with E-state index in [-0.39, 0.29) is 16.8 Å². The summed E-state index contributed by atoms with van der Waals surface area (Å²) >= 11 is 0. The zero-order valence-electron chi connectivity index (χ0n) is 11.7. The lowest BCUT2D eigenvalue weighted by Crippen LogP contribution is -2.51. The Hall–Kier alpha value is -0.130. The van der Waals surface area contributed by atoms with E-state index in [9.17, 15) is 8.42 Å². The van der Waals surface area contributed by atoms with Gasteiger partial charge in [0.15, 0.2) is 9.84 Å². The van der Waals surface area contributed by atoms with E-state index in [2.05, 4.69) is 24.1 Å². The third-order valence-corrected chi connectivity index (χ3v) is 5.67. The summed E-state index contributed by atoms with van der Waals surface area (Å²) in [6.07, 6.45) is 4.15. The fraction of sp³-hybridized carbons (Fsp3) is 1.00. The fourth-order valence-corrected chi connectivity index (χ4v) is 3.63. The highest BCUT2D eigenvalue weighted by molar-refractivity contribution is 7.91. The van der Waals surface area contributed by atoms with E-state index in [1.54, 1.807) is 0 Å². The molecule has 0 bridgehead atoms. The molecule has 1 N–H and O–H groups in total. The fourth-order valence-electron chi connectivity index (χ4n) is 2.21. The van der Waals surface area contributed by atoms with Crippen LogP contribution in [-0.2, 0) is 9.84 Å². The molecule has 0 spiro atoms. The highest BCUT2D eigenvalue weighted by Gasteiger charge is 2.35. The van der Waals surface area contributed by atoms with Crippen LogP contribution >= 0.6 is 0 Å². The topological polar surface area (TPSA) is 49.4 Å². The third kappa shape index (κ3) is 3.93. The largest absolute Gasteiger partial charge is 0.311 e. The van der Waals surface area contributed by atoms with Gasteiger partial charge in [0.25, 0.3) is 0 Å². The van der Waals surface area contributed by atoms with Crippen molar-refractivity contribution in [2.45, 2.75) is 49.9 Å². The average molecular weight is 262 g/mol. The van der Waals surface area contributed by atoms with E-state index in [4.69, 9.17) is 0 Å². The number of hydrogen-bond donors (Lipinski definition) is 1. The first-order chi connectivity index (χ1) is 7.64. The molecule has 0 saturated heterocycles. The Morgan fingerprint density at radius 1 is 1.29 bits per heavy atom. The van der Waals surface area contributed by atoms with Gasteiger partial charge in [0.2, 0.25) is 0 Å². The predicted octanol–water partition coefficient (Wildman–Crippen LogP) is 0.882. The molecule has 0 aliphatic heterocycles. The minimum Gasteiger partial charge on any atom is -0.311 e. The molecular formula is C12H26N2O2S. The van der Waals surface area contributed by atoms with E-state index in [0.717, 1.165) is 25.8 Å². The maximum absolute atomic E-state index is 11.7. The molecule has 2 unspecified atom stereocenters. The van der Waals surface area contributed by atoms with Crippen LogP contribution in [0.25, 0.3) is 0 Å². The molecule has 1 aliphatic carbocycles. The number of rotatable bonds is 5. The minimum atomic E-state index is -2.92. The summed E-state index contributed by atoms with van der Waals surface area (Å²) in [5, 5.41) is 3.24. The van der Waals surface area contributed by atoms with Gasteiger partial charge in [0, 0.05) is 24.4 Å². The third-order valence-electron chi connectivity index (χ3n) is 4.01. The smallest absolute Gasteiger partial charge is 0.151 e. The molecule has 5 heteroatoms. The number of hydrogen-bond acceptors (Lipinski definition) is 4. The molecule has 1 saturated carbocycles. The van der Waals surface area contributed by atoms with Crippen LogP contribution in [0.1, 0.15) is 33.1 Å².